The highest BCUT2D eigenvalue weighted by Gasteiger charge is 2.35. The summed E-state index contributed by atoms with van der Waals surface area (Å²) in [4.78, 5) is 13.7. The van der Waals surface area contributed by atoms with Crippen LogP contribution >= 0.6 is 8.38 Å². The zero-order valence-corrected chi connectivity index (χ0v) is 20.3. The molecule has 36 heavy (non-hydrogen) atoms. The lowest BCUT2D eigenvalue weighted by Gasteiger charge is -2.26. The number of rotatable bonds is 6. The van der Waals surface area contributed by atoms with E-state index in [0.29, 0.717) is 17.1 Å². The molecule has 0 saturated carbocycles. The molecule has 1 aliphatic carbocycles. The average molecular weight is 487 g/mol. The van der Waals surface area contributed by atoms with Crippen LogP contribution in [0.25, 0.3) is 27.1 Å². The van der Waals surface area contributed by atoms with Crippen molar-refractivity contribution in [2.24, 2.45) is 0 Å². The Hall–Kier alpha value is -4.20. The second-order valence-electron chi connectivity index (χ2n) is 8.63. The van der Waals surface area contributed by atoms with Crippen LogP contribution < -0.4 is 9.05 Å². The lowest BCUT2D eigenvalue weighted by Crippen LogP contribution is -2.24. The fourth-order valence-corrected chi connectivity index (χ4v) is 5.87. The number of allylic oxidation sites excluding steroid dienone is 4. The van der Waals surface area contributed by atoms with Gasteiger partial charge in [-0.15, -0.1) is 0 Å². The molecule has 6 rings (SSSR count). The smallest absolute Gasteiger partial charge is 0.306 e. The molecule has 0 heterocycles. The second kappa shape index (κ2) is 9.81. The first kappa shape index (κ1) is 22.3. The normalized spacial score (nSPS) is 15.3. The largest absolute Gasteiger partial charge is 0.438 e. The molecule has 5 aromatic carbocycles. The zero-order chi connectivity index (χ0) is 24.3. The van der Waals surface area contributed by atoms with Gasteiger partial charge < -0.3 is 9.05 Å². The number of benzene rings is 5. The van der Waals surface area contributed by atoms with E-state index >= 15 is 0 Å². The highest BCUT2D eigenvalue weighted by atomic mass is 31.2. The van der Waals surface area contributed by atoms with Gasteiger partial charge in [0.2, 0.25) is 0 Å². The van der Waals surface area contributed by atoms with Crippen molar-refractivity contribution in [3.8, 4) is 11.5 Å². The molecule has 3 nitrogen and oxygen atoms in total. The zero-order valence-electron chi connectivity index (χ0n) is 19.5. The van der Waals surface area contributed by atoms with Crippen molar-refractivity contribution < 1.29 is 13.8 Å². The molecule has 0 aliphatic heterocycles. The van der Waals surface area contributed by atoms with E-state index in [4.69, 9.17) is 9.05 Å². The van der Waals surface area contributed by atoms with Gasteiger partial charge in [-0.2, -0.15) is 0 Å². The SMILES string of the molecule is O=C1C(c2ccccc2)=CC=CC1P(Oc1ccc2ccccc2c1)Oc1ccc2ccccc2c1. The Morgan fingerprint density at radius 2 is 1.11 bits per heavy atom. The van der Waals surface area contributed by atoms with Crippen LogP contribution in [-0.4, -0.2) is 11.4 Å². The summed E-state index contributed by atoms with van der Waals surface area (Å²) in [7, 11) is -1.68. The van der Waals surface area contributed by atoms with E-state index in [2.05, 4.69) is 24.3 Å². The summed E-state index contributed by atoms with van der Waals surface area (Å²) in [5.41, 5.74) is 1.01. The predicted molar refractivity (Wildman–Crippen MR) is 148 cm³/mol. The highest BCUT2D eigenvalue weighted by molar-refractivity contribution is 7.50. The number of carbonyl (C=O) groups is 1. The van der Waals surface area contributed by atoms with Gasteiger partial charge in [0.15, 0.2) is 5.78 Å². The third-order valence-electron chi connectivity index (χ3n) is 6.23. The molecule has 1 atom stereocenters. The fraction of sp³-hybridized carbons (Fsp3) is 0.0312. The van der Waals surface area contributed by atoms with Gasteiger partial charge in [0, 0.05) is 5.57 Å². The predicted octanol–water partition coefficient (Wildman–Crippen LogP) is 8.35. The van der Waals surface area contributed by atoms with E-state index in [1.807, 2.05) is 109 Å². The van der Waals surface area contributed by atoms with Crippen molar-refractivity contribution in [2.45, 2.75) is 5.66 Å². The molecule has 1 aliphatic rings. The summed E-state index contributed by atoms with van der Waals surface area (Å²) in [6.45, 7) is 0. The molecule has 0 N–H and O–H groups in total. The van der Waals surface area contributed by atoms with Crippen molar-refractivity contribution in [2.75, 3.05) is 0 Å². The number of carbonyl (C=O) groups excluding carboxylic acids is 1. The molecule has 0 aromatic heterocycles. The average Bonchev–Trinajstić information content (AvgIpc) is 2.93. The topological polar surface area (TPSA) is 35.5 Å². The van der Waals surface area contributed by atoms with E-state index in [1.54, 1.807) is 0 Å². The van der Waals surface area contributed by atoms with Gasteiger partial charge in [0.05, 0.1) is 0 Å². The molecule has 0 bridgehead atoms. The molecular weight excluding hydrogens is 463 g/mol. The van der Waals surface area contributed by atoms with Crippen LogP contribution in [0.5, 0.6) is 11.5 Å². The first-order valence-corrected chi connectivity index (χ1v) is 13.1. The Morgan fingerprint density at radius 3 is 1.69 bits per heavy atom. The maximum Gasteiger partial charge on any atom is 0.306 e. The van der Waals surface area contributed by atoms with Gasteiger partial charge in [0.1, 0.15) is 17.2 Å². The summed E-state index contributed by atoms with van der Waals surface area (Å²) in [5.74, 6) is 1.35. The standard InChI is InChI=1S/C32H23O3P/c33-32-30(25-11-2-1-3-12-25)15-8-16-31(32)36(34-28-19-17-23-9-4-6-13-26(23)21-28)35-29-20-18-24-10-5-7-14-27(24)22-29/h1-22,31H. The number of ketones is 1. The summed E-state index contributed by atoms with van der Waals surface area (Å²) in [6.07, 6.45) is 5.69. The van der Waals surface area contributed by atoms with E-state index in [-0.39, 0.29) is 5.78 Å². The molecule has 0 saturated heterocycles. The Labute approximate surface area is 211 Å². The van der Waals surface area contributed by atoms with Gasteiger partial charge >= 0.3 is 8.38 Å². The van der Waals surface area contributed by atoms with Crippen LogP contribution in [0.1, 0.15) is 5.56 Å². The molecule has 4 heteroatoms. The fourth-order valence-electron chi connectivity index (χ4n) is 4.40. The maximum atomic E-state index is 13.7. The molecule has 1 unspecified atom stereocenters. The first-order chi connectivity index (χ1) is 17.7. The molecule has 0 radical (unpaired) electrons. The summed E-state index contributed by atoms with van der Waals surface area (Å²) in [6, 6.07) is 38.0. The van der Waals surface area contributed by atoms with E-state index < -0.39 is 14.0 Å². The minimum Gasteiger partial charge on any atom is -0.438 e. The van der Waals surface area contributed by atoms with Crippen LogP contribution in [0.3, 0.4) is 0 Å². The van der Waals surface area contributed by atoms with Crippen LogP contribution in [0.15, 0.2) is 133 Å². The first-order valence-electron chi connectivity index (χ1n) is 11.9. The monoisotopic (exact) mass is 486 g/mol. The van der Waals surface area contributed by atoms with Gasteiger partial charge in [-0.05, 0) is 51.4 Å². The molecular formula is C32H23O3P. The van der Waals surface area contributed by atoms with Crippen molar-refractivity contribution in [1.82, 2.24) is 0 Å². The van der Waals surface area contributed by atoms with Crippen molar-refractivity contribution >= 4 is 41.3 Å². The van der Waals surface area contributed by atoms with E-state index in [9.17, 15) is 4.79 Å². The maximum absolute atomic E-state index is 13.7. The molecule has 5 aromatic rings. The Morgan fingerprint density at radius 1 is 0.583 bits per heavy atom. The minimum absolute atomic E-state index is 0.00334. The lowest BCUT2D eigenvalue weighted by atomic mass is 9.96. The number of Topliss-reactive ketones (excluding diaryl/α,β-unsaturated/α-hetero) is 1. The lowest BCUT2D eigenvalue weighted by molar-refractivity contribution is -0.112. The van der Waals surface area contributed by atoms with Gasteiger partial charge in [-0.25, -0.2) is 0 Å². The number of hydrogen-bond acceptors (Lipinski definition) is 3. The van der Waals surface area contributed by atoms with Crippen LogP contribution in [0.2, 0.25) is 0 Å². The minimum atomic E-state index is -1.68. The van der Waals surface area contributed by atoms with Crippen LogP contribution in [-0.2, 0) is 4.79 Å². The third-order valence-corrected chi connectivity index (χ3v) is 7.88. The van der Waals surface area contributed by atoms with Gasteiger partial charge in [0.25, 0.3) is 0 Å². The summed E-state index contributed by atoms with van der Waals surface area (Å²) < 4.78 is 13.0. The second-order valence-corrected chi connectivity index (χ2v) is 10.1. The molecule has 174 valence electrons. The Bertz CT molecular complexity index is 1540. The third kappa shape index (κ3) is 4.54. The summed E-state index contributed by atoms with van der Waals surface area (Å²) >= 11 is 0. The van der Waals surface area contributed by atoms with Crippen LogP contribution in [0.4, 0.5) is 0 Å². The molecule has 0 spiro atoms. The van der Waals surface area contributed by atoms with Crippen molar-refractivity contribution in [3.05, 3.63) is 139 Å². The van der Waals surface area contributed by atoms with E-state index in [0.717, 1.165) is 27.1 Å². The Kier molecular flexibility index (Phi) is 6.07. The number of fused-ring (bicyclic) bond motifs is 2. The summed E-state index contributed by atoms with van der Waals surface area (Å²) in [5, 5.41) is 4.41. The van der Waals surface area contributed by atoms with Gasteiger partial charge in [-0.3, -0.25) is 4.79 Å². The number of hydrogen-bond donors (Lipinski definition) is 0. The quantitative estimate of drug-likeness (QED) is 0.226. The highest BCUT2D eigenvalue weighted by Crippen LogP contribution is 2.48. The molecule has 0 fully saturated rings. The van der Waals surface area contributed by atoms with Crippen molar-refractivity contribution in [3.63, 3.8) is 0 Å². The van der Waals surface area contributed by atoms with Crippen molar-refractivity contribution in [1.29, 1.82) is 0 Å². The Balaban J connectivity index is 1.36. The van der Waals surface area contributed by atoms with Gasteiger partial charge in [-0.1, -0.05) is 109 Å². The molecule has 0 amide bonds. The van der Waals surface area contributed by atoms with E-state index in [1.165, 1.54) is 0 Å². The van der Waals surface area contributed by atoms with Crippen LogP contribution in [0, 0.1) is 0 Å².